The fraction of sp³-hybridized carbons (Fsp3) is 0.420. The molecule has 18 heteroatoms. The van der Waals surface area contributed by atoms with Crippen molar-refractivity contribution in [1.29, 1.82) is 4.78 Å². The molecule has 2 N–H and O–H groups in total. The molecule has 2 aliphatic carbocycles. The molecule has 0 radical (unpaired) electrons. The molecule has 15 nitrogen and oxygen atoms in total. The number of rotatable bonds is 10. The Morgan fingerprint density at radius 3 is 2.37 bits per heavy atom. The van der Waals surface area contributed by atoms with Crippen LogP contribution >= 0.6 is 0 Å². The first kappa shape index (κ1) is 44.1. The first-order chi connectivity index (χ1) is 32.3. The van der Waals surface area contributed by atoms with Gasteiger partial charge in [0.1, 0.15) is 28.7 Å². The molecular weight excluding hydrogens is 893 g/mol. The Balaban J connectivity index is 1.03. The second-order valence-corrected chi connectivity index (χ2v) is 22.2. The van der Waals surface area contributed by atoms with E-state index in [9.17, 15) is 13.8 Å². The van der Waals surface area contributed by atoms with Crippen LogP contribution in [0.1, 0.15) is 116 Å². The highest BCUT2D eigenvalue weighted by molar-refractivity contribution is 7.92. The summed E-state index contributed by atoms with van der Waals surface area (Å²) < 4.78 is 70.1. The summed E-state index contributed by atoms with van der Waals surface area (Å²) in [5.41, 5.74) is 2.89. The minimum Gasteiger partial charge on any atom is -0.376 e. The first-order valence-corrected chi connectivity index (χ1v) is 25.0. The third-order valence-electron chi connectivity index (χ3n) is 14.8. The van der Waals surface area contributed by atoms with Gasteiger partial charge in [-0.2, -0.15) is 5.10 Å². The molecule has 0 spiro atoms. The van der Waals surface area contributed by atoms with Crippen molar-refractivity contribution in [2.45, 2.75) is 108 Å². The van der Waals surface area contributed by atoms with E-state index in [1.807, 2.05) is 30.5 Å². The van der Waals surface area contributed by atoms with Gasteiger partial charge in [0, 0.05) is 54.2 Å². The van der Waals surface area contributed by atoms with E-state index in [2.05, 4.69) is 36.1 Å². The molecule has 2 saturated carbocycles. The smallest absolute Gasteiger partial charge is 0.376 e. The van der Waals surface area contributed by atoms with E-state index in [4.69, 9.17) is 19.1 Å². The summed E-state index contributed by atoms with van der Waals surface area (Å²) >= 11 is 0. The Morgan fingerprint density at radius 2 is 1.71 bits per heavy atom. The fourth-order valence-corrected chi connectivity index (χ4v) is 12.8. The monoisotopic (exact) mass is 945 g/mol. The summed E-state index contributed by atoms with van der Waals surface area (Å²) in [5, 5.41) is 10.1. The van der Waals surface area contributed by atoms with E-state index in [-0.39, 0.29) is 58.0 Å². The number of hydrogen-bond donors (Lipinski definition) is 2. The molecule has 11 rings (SSSR count). The number of aromatic amines is 1. The van der Waals surface area contributed by atoms with E-state index < -0.39 is 38.6 Å². The number of nitrogens with zero attached hydrogens (tertiary/aromatic N) is 7. The number of aryl methyl sites for hydroxylation is 2. The Hall–Kier alpha value is -6.40. The van der Waals surface area contributed by atoms with Crippen LogP contribution in [0.25, 0.3) is 28.1 Å². The van der Waals surface area contributed by atoms with Crippen molar-refractivity contribution in [2.75, 3.05) is 18.9 Å². The topological polar surface area (TPSA) is 179 Å². The largest absolute Gasteiger partial charge is 0.438 e. The summed E-state index contributed by atoms with van der Waals surface area (Å²) in [4.78, 5) is 47.3. The predicted octanol–water partition coefficient (Wildman–Crippen LogP) is 8.37. The lowest BCUT2D eigenvalue weighted by atomic mass is 9.83. The highest BCUT2D eigenvalue weighted by Gasteiger charge is 2.59. The summed E-state index contributed by atoms with van der Waals surface area (Å²) in [6.45, 7) is 12.4. The number of fused-ring (bicyclic) bond motifs is 2. The van der Waals surface area contributed by atoms with Gasteiger partial charge in [-0.15, -0.1) is 0 Å². The molecule has 0 unspecified atom stereocenters. The van der Waals surface area contributed by atoms with Crippen molar-refractivity contribution < 1.29 is 27.0 Å². The van der Waals surface area contributed by atoms with E-state index in [1.54, 1.807) is 35.6 Å². The van der Waals surface area contributed by atoms with Gasteiger partial charge in [-0.25, -0.2) is 32.0 Å². The zero-order chi connectivity index (χ0) is 47.8. The average Bonchev–Trinajstić information content (AvgIpc) is 3.93. The lowest BCUT2D eigenvalue weighted by Gasteiger charge is -2.35. The van der Waals surface area contributed by atoms with Gasteiger partial charge in [-0.1, -0.05) is 18.1 Å². The molecular formula is C50H53F2N9O6S. The van der Waals surface area contributed by atoms with Crippen molar-refractivity contribution in [3.05, 3.63) is 139 Å². The van der Waals surface area contributed by atoms with E-state index >= 15 is 13.6 Å². The molecule has 5 atom stereocenters. The van der Waals surface area contributed by atoms with Crippen LogP contribution < -0.4 is 11.4 Å². The van der Waals surface area contributed by atoms with Gasteiger partial charge in [0.25, 0.3) is 5.91 Å². The van der Waals surface area contributed by atoms with Crippen molar-refractivity contribution in [3.63, 3.8) is 0 Å². The van der Waals surface area contributed by atoms with Crippen LogP contribution in [0.4, 0.5) is 8.78 Å². The fourth-order valence-electron chi connectivity index (χ4n) is 11.0. The molecule has 6 heterocycles. The molecule has 3 fully saturated rings. The van der Waals surface area contributed by atoms with E-state index in [0.29, 0.717) is 64.9 Å². The van der Waals surface area contributed by atoms with Crippen LogP contribution in [0.5, 0.6) is 0 Å². The molecule has 3 aromatic carbocycles. The Labute approximate surface area is 390 Å². The van der Waals surface area contributed by atoms with Gasteiger partial charge in [-0.3, -0.25) is 23.4 Å². The number of ether oxygens (including phenoxy) is 1. The van der Waals surface area contributed by atoms with Crippen LogP contribution in [0.2, 0.25) is 0 Å². The van der Waals surface area contributed by atoms with Gasteiger partial charge in [-0.05, 0) is 150 Å². The van der Waals surface area contributed by atoms with Crippen LogP contribution in [-0.4, -0.2) is 73.1 Å². The zero-order valence-corrected chi connectivity index (χ0v) is 39.6. The van der Waals surface area contributed by atoms with Gasteiger partial charge >= 0.3 is 11.4 Å². The number of H-pyrrole nitrogens is 1. The first-order valence-electron chi connectivity index (χ1n) is 23.3. The van der Waals surface area contributed by atoms with Crippen molar-refractivity contribution in [2.24, 2.45) is 11.8 Å². The normalized spacial score (nSPS) is 23.2. The van der Waals surface area contributed by atoms with E-state index in [0.717, 1.165) is 52.8 Å². The summed E-state index contributed by atoms with van der Waals surface area (Å²) in [6.07, 6.45) is 7.35. The summed E-state index contributed by atoms with van der Waals surface area (Å²) in [6, 6.07) is 14.8. The molecule has 1 saturated heterocycles. The van der Waals surface area contributed by atoms with Crippen molar-refractivity contribution >= 4 is 26.5 Å². The predicted molar refractivity (Wildman–Crippen MR) is 250 cm³/mol. The number of nitrogens with one attached hydrogen (secondary N) is 2. The number of carbonyl (C=O) groups excluding carboxylic acids is 1. The average molecular weight is 946 g/mol. The zero-order valence-electron chi connectivity index (χ0n) is 38.8. The van der Waals surface area contributed by atoms with Crippen LogP contribution in [0.3, 0.4) is 0 Å². The third kappa shape index (κ3) is 7.12. The van der Waals surface area contributed by atoms with Gasteiger partial charge in [0.2, 0.25) is 0 Å². The standard InChI is InChI=1S/C50H53F2N9O6S/c1-27-19-35(20-28(2)43(27)52)61-44(59-17-16-58(48(59)64)40-12-10-36(23-37(40)51)68(53,65)26-31-7-8-31)42-30(4)57(15-13-38(42)55-61)45(62)41-22-34-21-32(33-14-18-66-49(5,6)25-33)9-11-39(34)60(41)50(24-29(50)3)46-54-47(63)67-56-46/h9-12,16-17,19-23,29-31,33,53H,7-8,13-15,18,24-26H2,1-6H3,(H,54,56,63)/t29-,30-,33-,50-,68+/m0/s1. The second-order valence-electron chi connectivity index (χ2n) is 20.1. The highest BCUT2D eigenvalue weighted by Crippen LogP contribution is 2.56. The molecule has 4 aromatic heterocycles. The number of aromatic nitrogens is 7. The van der Waals surface area contributed by atoms with Crippen LogP contribution in [-0.2, 0) is 26.4 Å². The maximum atomic E-state index is 16.0. The molecule has 7 aromatic rings. The summed E-state index contributed by atoms with van der Waals surface area (Å²) in [7, 11) is -3.23. The minimum absolute atomic E-state index is 0.0185. The van der Waals surface area contributed by atoms with E-state index in [1.165, 1.54) is 29.1 Å². The van der Waals surface area contributed by atoms with Crippen molar-refractivity contribution in [1.82, 2.24) is 38.5 Å². The van der Waals surface area contributed by atoms with Crippen molar-refractivity contribution in [3.8, 4) is 17.2 Å². The molecule has 354 valence electrons. The molecule has 2 aliphatic heterocycles. The van der Waals surface area contributed by atoms with Gasteiger partial charge < -0.3 is 14.2 Å². The number of benzene rings is 3. The number of hydrogen-bond acceptors (Lipinski definition) is 9. The highest BCUT2D eigenvalue weighted by atomic mass is 32.2. The van der Waals surface area contributed by atoms with Crippen LogP contribution in [0, 0.1) is 42.1 Å². The SMILES string of the molecule is Cc1cc(-n2nc3c(c2-n2ccn(-c4ccc([S@](=N)(=O)CC5CC5)cc4F)c2=O)[C@H](C)N(C(=O)c2cc4cc([C@H]5CCOC(C)(C)C5)ccc4n2[C@@]2(c4noc(=O)[nH]4)C[C@@H]2C)CC3)cc(C)c1F. The Kier molecular flexibility index (Phi) is 10.1. The number of halogens is 2. The number of amides is 1. The quantitative estimate of drug-likeness (QED) is 0.137. The Bertz CT molecular complexity index is 3440. The number of imidazole rings is 1. The minimum atomic E-state index is -3.23. The van der Waals surface area contributed by atoms with Gasteiger partial charge in [0.05, 0.1) is 43.3 Å². The third-order valence-corrected chi connectivity index (χ3v) is 16.8. The molecule has 4 aliphatic rings. The lowest BCUT2D eigenvalue weighted by Crippen LogP contribution is -2.41. The molecule has 0 bridgehead atoms. The maximum Gasteiger partial charge on any atom is 0.438 e. The van der Waals surface area contributed by atoms with Crippen LogP contribution in [0.15, 0.2) is 86.0 Å². The molecule has 68 heavy (non-hydrogen) atoms. The molecule has 1 amide bonds. The lowest BCUT2D eigenvalue weighted by molar-refractivity contribution is -0.0592. The Morgan fingerprint density at radius 1 is 0.971 bits per heavy atom. The maximum absolute atomic E-state index is 16.0. The summed E-state index contributed by atoms with van der Waals surface area (Å²) in [5.74, 6) is -0.930. The second kappa shape index (κ2) is 15.6. The van der Waals surface area contributed by atoms with Gasteiger partial charge in [0.15, 0.2) is 5.82 Å². The number of carbonyl (C=O) groups is 1.